The molecule has 4 aromatic rings. The van der Waals surface area contributed by atoms with Crippen molar-refractivity contribution in [3.63, 3.8) is 0 Å². The number of nitrogens with zero attached hydrogens (tertiary/aromatic N) is 6. The van der Waals surface area contributed by atoms with Crippen LogP contribution in [0.1, 0.15) is 0 Å². The van der Waals surface area contributed by atoms with Crippen LogP contribution in [0, 0.1) is 0 Å². The number of halogens is 1. The molecule has 3 aromatic heterocycles. The normalized spacial score (nSPS) is 15.1. The second-order valence-electron chi connectivity index (χ2n) is 6.14. The van der Waals surface area contributed by atoms with E-state index in [-0.39, 0.29) is 0 Å². The number of benzene rings is 1. The number of thiophene rings is 1. The first-order valence-electron chi connectivity index (χ1n) is 8.39. The number of hydrogen-bond acceptors (Lipinski definition) is 7. The molecule has 1 saturated heterocycles. The fraction of sp³-hybridized carbons (Fsp3) is 0.222. The van der Waals surface area contributed by atoms with Gasteiger partial charge in [0.25, 0.3) is 0 Å². The Balaban J connectivity index is 1.48. The molecule has 8 heteroatoms. The maximum atomic E-state index is 6.24. The highest BCUT2D eigenvalue weighted by Crippen LogP contribution is 2.37. The van der Waals surface area contributed by atoms with Gasteiger partial charge in [-0.15, -0.1) is 11.3 Å². The minimum atomic E-state index is 0.592. The van der Waals surface area contributed by atoms with Gasteiger partial charge >= 0.3 is 0 Å². The van der Waals surface area contributed by atoms with Gasteiger partial charge in [-0.25, -0.2) is 19.9 Å². The zero-order chi connectivity index (χ0) is 17.5. The molecule has 6 nitrogen and oxygen atoms in total. The lowest BCUT2D eigenvalue weighted by Crippen LogP contribution is -2.47. The third-order valence-corrected chi connectivity index (χ3v) is 6.03. The van der Waals surface area contributed by atoms with Gasteiger partial charge in [-0.2, -0.15) is 0 Å². The average Bonchev–Trinajstić information content (AvgIpc) is 3.07. The molecule has 26 heavy (non-hydrogen) atoms. The molecule has 0 N–H and O–H groups in total. The molecule has 0 radical (unpaired) electrons. The third kappa shape index (κ3) is 2.55. The molecule has 0 spiro atoms. The molecule has 0 saturated carbocycles. The molecule has 1 fully saturated rings. The van der Waals surface area contributed by atoms with Gasteiger partial charge in [-0.3, -0.25) is 0 Å². The average molecular weight is 383 g/mol. The Morgan fingerprint density at radius 1 is 0.885 bits per heavy atom. The second kappa shape index (κ2) is 6.34. The highest BCUT2D eigenvalue weighted by molar-refractivity contribution is 7.25. The third-order valence-electron chi connectivity index (χ3n) is 4.68. The SMILES string of the molecule is Clc1cncnc1N1CCN(c2ncnc3sc4ccccc4c23)CC1. The predicted molar refractivity (Wildman–Crippen MR) is 106 cm³/mol. The highest BCUT2D eigenvalue weighted by Gasteiger charge is 2.23. The van der Waals surface area contributed by atoms with Crippen molar-refractivity contribution in [3.05, 3.63) is 48.1 Å². The number of rotatable bonds is 2. The topological polar surface area (TPSA) is 58.0 Å². The maximum Gasteiger partial charge on any atom is 0.150 e. The molecule has 4 heterocycles. The lowest BCUT2D eigenvalue weighted by molar-refractivity contribution is 0.642. The van der Waals surface area contributed by atoms with Gasteiger partial charge in [-0.1, -0.05) is 29.8 Å². The molecule has 0 bridgehead atoms. The van der Waals surface area contributed by atoms with E-state index in [2.05, 4.69) is 54.0 Å². The van der Waals surface area contributed by atoms with Crippen LogP contribution >= 0.6 is 22.9 Å². The summed E-state index contributed by atoms with van der Waals surface area (Å²) < 4.78 is 1.25. The summed E-state index contributed by atoms with van der Waals surface area (Å²) in [5, 5.41) is 2.97. The van der Waals surface area contributed by atoms with E-state index < -0.39 is 0 Å². The highest BCUT2D eigenvalue weighted by atomic mass is 35.5. The molecule has 0 atom stereocenters. The van der Waals surface area contributed by atoms with E-state index in [1.54, 1.807) is 30.2 Å². The minimum Gasteiger partial charge on any atom is -0.352 e. The fourth-order valence-corrected chi connectivity index (χ4v) is 4.71. The maximum absolute atomic E-state index is 6.24. The van der Waals surface area contributed by atoms with Crippen LogP contribution in [0.4, 0.5) is 11.6 Å². The van der Waals surface area contributed by atoms with Crippen molar-refractivity contribution in [1.82, 2.24) is 19.9 Å². The minimum absolute atomic E-state index is 0.592. The molecule has 0 amide bonds. The van der Waals surface area contributed by atoms with Crippen molar-refractivity contribution >= 4 is 54.9 Å². The van der Waals surface area contributed by atoms with Crippen LogP contribution in [0.15, 0.2) is 43.1 Å². The summed E-state index contributed by atoms with van der Waals surface area (Å²) in [6, 6.07) is 8.42. The van der Waals surface area contributed by atoms with Crippen LogP contribution in [-0.2, 0) is 0 Å². The van der Waals surface area contributed by atoms with Crippen molar-refractivity contribution in [2.45, 2.75) is 0 Å². The smallest absolute Gasteiger partial charge is 0.150 e. The Labute approximate surface area is 159 Å². The molecule has 1 aliphatic rings. The molecule has 130 valence electrons. The summed E-state index contributed by atoms with van der Waals surface area (Å²) in [7, 11) is 0. The van der Waals surface area contributed by atoms with Gasteiger partial charge in [0.2, 0.25) is 0 Å². The van der Waals surface area contributed by atoms with Crippen molar-refractivity contribution in [3.8, 4) is 0 Å². The number of fused-ring (bicyclic) bond motifs is 3. The standard InChI is InChI=1S/C18H15ClN6S/c19-13-9-20-10-21-16(13)24-5-7-25(8-6-24)17-15-12-3-1-2-4-14(12)26-18(15)23-11-22-17/h1-4,9-11H,5-8H2. The van der Waals surface area contributed by atoms with E-state index in [0.717, 1.165) is 48.0 Å². The van der Waals surface area contributed by atoms with Crippen LogP contribution in [0.25, 0.3) is 20.3 Å². The Hall–Kier alpha value is -2.51. The Bertz CT molecular complexity index is 1090. The number of piperazine rings is 1. The van der Waals surface area contributed by atoms with Crippen LogP contribution in [-0.4, -0.2) is 46.1 Å². The number of hydrogen-bond donors (Lipinski definition) is 0. The van der Waals surface area contributed by atoms with E-state index in [1.165, 1.54) is 10.1 Å². The van der Waals surface area contributed by atoms with Gasteiger partial charge in [-0.05, 0) is 6.07 Å². The summed E-state index contributed by atoms with van der Waals surface area (Å²) in [5.41, 5.74) is 0. The van der Waals surface area contributed by atoms with Crippen LogP contribution in [0.5, 0.6) is 0 Å². The second-order valence-corrected chi connectivity index (χ2v) is 7.58. The lowest BCUT2D eigenvalue weighted by atomic mass is 10.2. The number of anilines is 2. The molecule has 1 aliphatic heterocycles. The van der Waals surface area contributed by atoms with Gasteiger partial charge in [0.05, 0.1) is 11.6 Å². The molecular formula is C18H15ClN6S. The first-order valence-corrected chi connectivity index (χ1v) is 9.58. The van der Waals surface area contributed by atoms with E-state index >= 15 is 0 Å². The van der Waals surface area contributed by atoms with Crippen LogP contribution in [0.3, 0.4) is 0 Å². The molecular weight excluding hydrogens is 368 g/mol. The van der Waals surface area contributed by atoms with E-state index in [4.69, 9.17) is 11.6 Å². The van der Waals surface area contributed by atoms with E-state index in [0.29, 0.717) is 5.02 Å². The lowest BCUT2D eigenvalue weighted by Gasteiger charge is -2.36. The van der Waals surface area contributed by atoms with Crippen molar-refractivity contribution in [2.75, 3.05) is 36.0 Å². The summed E-state index contributed by atoms with van der Waals surface area (Å²) in [4.78, 5) is 23.0. The zero-order valence-corrected chi connectivity index (χ0v) is 15.4. The van der Waals surface area contributed by atoms with Gasteiger partial charge in [0, 0.05) is 36.3 Å². The van der Waals surface area contributed by atoms with Gasteiger partial charge in [0.15, 0.2) is 5.82 Å². The van der Waals surface area contributed by atoms with E-state index in [9.17, 15) is 0 Å². The van der Waals surface area contributed by atoms with Gasteiger partial charge in [0.1, 0.15) is 28.3 Å². The monoisotopic (exact) mass is 382 g/mol. The van der Waals surface area contributed by atoms with E-state index in [1.807, 2.05) is 0 Å². The Morgan fingerprint density at radius 2 is 1.62 bits per heavy atom. The molecule has 5 rings (SSSR count). The zero-order valence-electron chi connectivity index (χ0n) is 13.8. The van der Waals surface area contributed by atoms with Crippen molar-refractivity contribution in [1.29, 1.82) is 0 Å². The van der Waals surface area contributed by atoms with Crippen molar-refractivity contribution in [2.24, 2.45) is 0 Å². The fourth-order valence-electron chi connectivity index (χ4n) is 3.45. The quantitative estimate of drug-likeness (QED) is 0.527. The van der Waals surface area contributed by atoms with Crippen LogP contribution in [0.2, 0.25) is 5.02 Å². The summed E-state index contributed by atoms with van der Waals surface area (Å²) in [5.74, 6) is 1.82. The predicted octanol–water partition coefficient (Wildman–Crippen LogP) is 3.61. The Morgan fingerprint density at radius 3 is 2.42 bits per heavy atom. The Kier molecular flexibility index (Phi) is 3.83. The first kappa shape index (κ1) is 15.7. The van der Waals surface area contributed by atoms with Crippen LogP contribution < -0.4 is 9.80 Å². The molecule has 1 aromatic carbocycles. The number of aromatic nitrogens is 4. The molecule has 0 aliphatic carbocycles. The first-order chi connectivity index (χ1) is 12.8. The molecule has 0 unspecified atom stereocenters. The van der Waals surface area contributed by atoms with Gasteiger partial charge < -0.3 is 9.80 Å². The summed E-state index contributed by atoms with van der Waals surface area (Å²) in [6.45, 7) is 3.39. The van der Waals surface area contributed by atoms with Crippen molar-refractivity contribution < 1.29 is 0 Å². The summed E-state index contributed by atoms with van der Waals surface area (Å²) >= 11 is 7.96. The largest absolute Gasteiger partial charge is 0.352 e. The summed E-state index contributed by atoms with van der Waals surface area (Å²) in [6.07, 6.45) is 4.85.